The lowest BCUT2D eigenvalue weighted by Crippen LogP contribution is -2.50. The van der Waals surface area contributed by atoms with Crippen molar-refractivity contribution in [2.75, 3.05) is 0 Å². The number of carbonyl (C=O) groups excluding carboxylic acids is 1. The summed E-state index contributed by atoms with van der Waals surface area (Å²) >= 11 is 0. The van der Waals surface area contributed by atoms with Crippen LogP contribution in [0.5, 0.6) is 0 Å². The molecule has 1 fully saturated rings. The van der Waals surface area contributed by atoms with Gasteiger partial charge >= 0.3 is 5.97 Å². The molecule has 5 heteroatoms. The van der Waals surface area contributed by atoms with Gasteiger partial charge in [-0.15, -0.1) is 0 Å². The van der Waals surface area contributed by atoms with Crippen molar-refractivity contribution < 1.29 is 14.7 Å². The normalized spacial score (nSPS) is 20.4. The monoisotopic (exact) mass is 256 g/mol. The van der Waals surface area contributed by atoms with Crippen LogP contribution in [0.4, 0.5) is 0 Å². The molecular weight excluding hydrogens is 232 g/mol. The fraction of sp³-hybridized carbons (Fsp3) is 0.846. The number of carboxylic acids is 1. The first-order chi connectivity index (χ1) is 8.34. The van der Waals surface area contributed by atoms with Gasteiger partial charge in [0.05, 0.1) is 0 Å². The number of aliphatic carboxylic acids is 1. The molecular formula is C13H24N2O3. The highest BCUT2D eigenvalue weighted by atomic mass is 16.4. The zero-order valence-corrected chi connectivity index (χ0v) is 11.2. The first-order valence-corrected chi connectivity index (χ1v) is 6.65. The molecule has 104 valence electrons. The summed E-state index contributed by atoms with van der Waals surface area (Å²) in [6.07, 6.45) is 5.19. The molecule has 0 bridgehead atoms. The third-order valence-corrected chi connectivity index (χ3v) is 3.61. The van der Waals surface area contributed by atoms with Crippen LogP contribution < -0.4 is 11.1 Å². The molecule has 1 saturated carbocycles. The van der Waals surface area contributed by atoms with Crippen LogP contribution in [-0.4, -0.2) is 28.6 Å². The van der Waals surface area contributed by atoms with Crippen molar-refractivity contribution in [2.45, 2.75) is 64.0 Å². The summed E-state index contributed by atoms with van der Waals surface area (Å²) < 4.78 is 0. The highest BCUT2D eigenvalue weighted by molar-refractivity contribution is 5.84. The van der Waals surface area contributed by atoms with Crippen molar-refractivity contribution in [1.82, 2.24) is 5.32 Å². The SMILES string of the molecule is CC(C)C(NC(=O)CC1(N)CCCCC1)C(=O)O. The first-order valence-electron chi connectivity index (χ1n) is 6.65. The molecule has 1 amide bonds. The largest absolute Gasteiger partial charge is 0.480 e. The van der Waals surface area contributed by atoms with E-state index in [2.05, 4.69) is 5.32 Å². The number of carboxylic acid groups (broad SMARTS) is 1. The number of hydrogen-bond donors (Lipinski definition) is 3. The smallest absolute Gasteiger partial charge is 0.326 e. The van der Waals surface area contributed by atoms with E-state index in [1.54, 1.807) is 13.8 Å². The number of hydrogen-bond acceptors (Lipinski definition) is 3. The van der Waals surface area contributed by atoms with Crippen LogP contribution in [0.15, 0.2) is 0 Å². The summed E-state index contributed by atoms with van der Waals surface area (Å²) in [7, 11) is 0. The number of nitrogens with two attached hydrogens (primary N) is 1. The fourth-order valence-corrected chi connectivity index (χ4v) is 2.49. The van der Waals surface area contributed by atoms with Crippen molar-refractivity contribution in [3.05, 3.63) is 0 Å². The minimum Gasteiger partial charge on any atom is -0.480 e. The van der Waals surface area contributed by atoms with Crippen LogP contribution in [0.2, 0.25) is 0 Å². The first kappa shape index (κ1) is 15.0. The molecule has 1 unspecified atom stereocenters. The Morgan fingerprint density at radius 1 is 1.28 bits per heavy atom. The zero-order chi connectivity index (χ0) is 13.8. The topological polar surface area (TPSA) is 92.4 Å². The maximum absolute atomic E-state index is 11.9. The third-order valence-electron chi connectivity index (χ3n) is 3.61. The molecule has 0 aliphatic heterocycles. The predicted molar refractivity (Wildman–Crippen MR) is 69.0 cm³/mol. The Hall–Kier alpha value is -1.10. The van der Waals surface area contributed by atoms with Gasteiger partial charge in [-0.1, -0.05) is 33.1 Å². The van der Waals surface area contributed by atoms with Crippen molar-refractivity contribution in [3.8, 4) is 0 Å². The predicted octanol–water partition coefficient (Wildman–Crippen LogP) is 1.26. The van der Waals surface area contributed by atoms with E-state index in [4.69, 9.17) is 10.8 Å². The summed E-state index contributed by atoms with van der Waals surface area (Å²) in [5.41, 5.74) is 5.74. The summed E-state index contributed by atoms with van der Waals surface area (Å²) in [5, 5.41) is 11.6. The van der Waals surface area contributed by atoms with Crippen molar-refractivity contribution in [1.29, 1.82) is 0 Å². The van der Waals surface area contributed by atoms with Gasteiger partial charge in [0.25, 0.3) is 0 Å². The van der Waals surface area contributed by atoms with Gasteiger partial charge in [0, 0.05) is 12.0 Å². The Kier molecular flexibility index (Phi) is 5.14. The van der Waals surface area contributed by atoms with E-state index >= 15 is 0 Å². The maximum atomic E-state index is 11.9. The van der Waals surface area contributed by atoms with Gasteiger partial charge in [0.1, 0.15) is 6.04 Å². The van der Waals surface area contributed by atoms with Crippen molar-refractivity contribution in [3.63, 3.8) is 0 Å². The Morgan fingerprint density at radius 3 is 2.28 bits per heavy atom. The Morgan fingerprint density at radius 2 is 1.83 bits per heavy atom. The van der Waals surface area contributed by atoms with E-state index in [1.807, 2.05) is 0 Å². The molecule has 1 aliphatic carbocycles. The lowest BCUT2D eigenvalue weighted by atomic mass is 9.80. The van der Waals surface area contributed by atoms with Gasteiger partial charge in [-0.2, -0.15) is 0 Å². The molecule has 1 rings (SSSR count). The number of carbonyl (C=O) groups is 2. The van der Waals surface area contributed by atoms with E-state index < -0.39 is 17.6 Å². The second kappa shape index (κ2) is 6.18. The number of amides is 1. The molecule has 4 N–H and O–H groups in total. The van der Waals surface area contributed by atoms with Gasteiger partial charge in [0.2, 0.25) is 5.91 Å². The molecule has 0 aromatic heterocycles. The van der Waals surface area contributed by atoms with Crippen molar-refractivity contribution >= 4 is 11.9 Å². The van der Waals surface area contributed by atoms with Gasteiger partial charge in [-0.25, -0.2) is 4.79 Å². The van der Waals surface area contributed by atoms with E-state index in [0.717, 1.165) is 25.7 Å². The van der Waals surface area contributed by atoms with Crippen LogP contribution in [0, 0.1) is 5.92 Å². The second-order valence-corrected chi connectivity index (χ2v) is 5.73. The molecule has 1 aliphatic rings. The summed E-state index contributed by atoms with van der Waals surface area (Å²) in [4.78, 5) is 22.9. The highest BCUT2D eigenvalue weighted by Crippen LogP contribution is 2.28. The van der Waals surface area contributed by atoms with Crippen molar-refractivity contribution in [2.24, 2.45) is 11.7 Å². The van der Waals surface area contributed by atoms with E-state index in [1.165, 1.54) is 6.42 Å². The molecule has 5 nitrogen and oxygen atoms in total. The van der Waals surface area contributed by atoms with Crippen LogP contribution in [0.3, 0.4) is 0 Å². The lowest BCUT2D eigenvalue weighted by molar-refractivity contribution is -0.143. The molecule has 0 aromatic rings. The minimum absolute atomic E-state index is 0.133. The van der Waals surface area contributed by atoms with Crippen LogP contribution in [0.1, 0.15) is 52.4 Å². The number of nitrogens with one attached hydrogen (secondary N) is 1. The van der Waals surface area contributed by atoms with E-state index in [9.17, 15) is 9.59 Å². The molecule has 1 atom stereocenters. The average Bonchev–Trinajstić information content (AvgIpc) is 2.25. The quantitative estimate of drug-likeness (QED) is 0.690. The number of rotatable bonds is 5. The molecule has 18 heavy (non-hydrogen) atoms. The standard InChI is InChI=1S/C13H24N2O3/c1-9(2)11(12(17)18)15-10(16)8-13(14)6-4-3-5-7-13/h9,11H,3-8,14H2,1-2H3,(H,15,16)(H,17,18). The van der Waals surface area contributed by atoms with Gasteiger partial charge in [0.15, 0.2) is 0 Å². The third kappa shape index (κ3) is 4.29. The molecule has 0 spiro atoms. The Bertz CT molecular complexity index is 309. The Balaban J connectivity index is 2.52. The fourth-order valence-electron chi connectivity index (χ4n) is 2.49. The summed E-state index contributed by atoms with van der Waals surface area (Å²) in [6.45, 7) is 3.55. The maximum Gasteiger partial charge on any atom is 0.326 e. The Labute approximate surface area is 108 Å². The van der Waals surface area contributed by atoms with Gasteiger partial charge in [-0.05, 0) is 18.8 Å². The van der Waals surface area contributed by atoms with Crippen LogP contribution >= 0.6 is 0 Å². The molecule has 0 saturated heterocycles. The van der Waals surface area contributed by atoms with Gasteiger partial charge in [-0.3, -0.25) is 4.79 Å². The zero-order valence-electron chi connectivity index (χ0n) is 11.2. The van der Waals surface area contributed by atoms with Crippen LogP contribution in [-0.2, 0) is 9.59 Å². The van der Waals surface area contributed by atoms with E-state index in [0.29, 0.717) is 0 Å². The molecule has 0 aromatic carbocycles. The minimum atomic E-state index is -0.993. The highest BCUT2D eigenvalue weighted by Gasteiger charge is 2.32. The molecule has 0 heterocycles. The molecule has 0 radical (unpaired) electrons. The average molecular weight is 256 g/mol. The second-order valence-electron chi connectivity index (χ2n) is 5.73. The summed E-state index contributed by atoms with van der Waals surface area (Å²) in [5.74, 6) is -1.37. The van der Waals surface area contributed by atoms with E-state index in [-0.39, 0.29) is 18.2 Å². The lowest BCUT2D eigenvalue weighted by Gasteiger charge is -2.33. The summed E-state index contributed by atoms with van der Waals surface area (Å²) in [6, 6.07) is -0.829. The van der Waals surface area contributed by atoms with Crippen LogP contribution in [0.25, 0.3) is 0 Å². The van der Waals surface area contributed by atoms with Gasteiger partial charge < -0.3 is 16.2 Å².